The number of rotatable bonds is 5. The molecule has 2 heterocycles. The van der Waals surface area contributed by atoms with Crippen LogP contribution >= 0.6 is 0 Å². The monoisotopic (exact) mass is 341 g/mol. The Kier molecular flexibility index (Phi) is 4.63. The molecule has 25 heavy (non-hydrogen) atoms. The maximum Gasteiger partial charge on any atom is 0.0847 e. The van der Waals surface area contributed by atoms with E-state index in [9.17, 15) is 5.11 Å². The molecule has 3 atom stereocenters. The molecule has 1 aliphatic carbocycles. The summed E-state index contributed by atoms with van der Waals surface area (Å²) >= 11 is 0. The van der Waals surface area contributed by atoms with E-state index in [0.29, 0.717) is 6.04 Å². The fourth-order valence-corrected chi connectivity index (χ4v) is 4.61. The number of nitrogens with zero attached hydrogens (tertiary/aromatic N) is 3. The molecule has 5 nitrogen and oxygen atoms in total. The molecule has 134 valence electrons. The third kappa shape index (κ3) is 3.24. The molecule has 0 unspecified atom stereocenters. The van der Waals surface area contributed by atoms with Crippen LogP contribution in [0.4, 0.5) is 0 Å². The highest BCUT2D eigenvalue weighted by Gasteiger charge is 2.50. The van der Waals surface area contributed by atoms with Crippen LogP contribution in [-0.2, 0) is 17.8 Å². The predicted molar refractivity (Wildman–Crippen MR) is 96.2 cm³/mol. The summed E-state index contributed by atoms with van der Waals surface area (Å²) < 4.78 is 7.93. The Morgan fingerprint density at radius 3 is 2.72 bits per heavy atom. The lowest BCUT2D eigenvalue weighted by atomic mass is 9.79. The summed E-state index contributed by atoms with van der Waals surface area (Å²) in [4.78, 5) is 2.51. The first-order valence-electron chi connectivity index (χ1n) is 9.22. The number of hydrogen-bond donors (Lipinski definition) is 1. The Hall–Kier alpha value is -1.69. The van der Waals surface area contributed by atoms with E-state index in [1.807, 2.05) is 30.3 Å². The highest BCUT2D eigenvalue weighted by molar-refractivity contribution is 5.28. The quantitative estimate of drug-likeness (QED) is 0.907. The second kappa shape index (κ2) is 6.90. The van der Waals surface area contributed by atoms with Gasteiger partial charge >= 0.3 is 0 Å². The lowest BCUT2D eigenvalue weighted by Crippen LogP contribution is -2.51. The van der Waals surface area contributed by atoms with Crippen molar-refractivity contribution >= 4 is 0 Å². The first-order chi connectivity index (χ1) is 12.2. The SMILES string of the molecule is CO[C@@]12CC[C@H](O)C[C@@H]1N(Cc1ccccc1Cn1cccn1)CC2. The standard InChI is InChI=1S/C20H27N3O2/c1-25-20-8-7-18(24)13-19(20)22(12-9-20)14-16-5-2-3-6-17(16)15-23-11-4-10-21-23/h2-6,10-11,18-19,24H,7-9,12-15H2,1H3/t18-,19-,20+/m0/s1. The molecule has 2 fully saturated rings. The van der Waals surface area contributed by atoms with Crippen molar-refractivity contribution in [2.75, 3.05) is 13.7 Å². The molecule has 0 spiro atoms. The number of likely N-dealkylation sites (tertiary alicyclic amines) is 1. The molecule has 5 heteroatoms. The average molecular weight is 341 g/mol. The van der Waals surface area contributed by atoms with Crippen molar-refractivity contribution in [3.05, 3.63) is 53.9 Å². The van der Waals surface area contributed by atoms with E-state index < -0.39 is 0 Å². The zero-order valence-electron chi connectivity index (χ0n) is 14.8. The van der Waals surface area contributed by atoms with E-state index >= 15 is 0 Å². The summed E-state index contributed by atoms with van der Waals surface area (Å²) in [7, 11) is 1.83. The van der Waals surface area contributed by atoms with Gasteiger partial charge in [-0.25, -0.2) is 0 Å². The van der Waals surface area contributed by atoms with Gasteiger partial charge in [0.2, 0.25) is 0 Å². The van der Waals surface area contributed by atoms with Crippen LogP contribution in [0.2, 0.25) is 0 Å². The van der Waals surface area contributed by atoms with Crippen molar-refractivity contribution in [2.45, 2.75) is 56.5 Å². The van der Waals surface area contributed by atoms with Gasteiger partial charge in [-0.05, 0) is 42.9 Å². The first-order valence-corrected chi connectivity index (χ1v) is 9.22. The highest BCUT2D eigenvalue weighted by atomic mass is 16.5. The minimum atomic E-state index is -0.201. The smallest absolute Gasteiger partial charge is 0.0847 e. The largest absolute Gasteiger partial charge is 0.393 e. The van der Waals surface area contributed by atoms with Crippen molar-refractivity contribution in [1.82, 2.24) is 14.7 Å². The Morgan fingerprint density at radius 2 is 2.00 bits per heavy atom. The molecule has 0 radical (unpaired) electrons. The fraction of sp³-hybridized carbons (Fsp3) is 0.550. The molecule has 0 amide bonds. The number of methoxy groups -OCH3 is 1. The summed E-state index contributed by atoms with van der Waals surface area (Å²) in [5.74, 6) is 0. The molecule has 0 bridgehead atoms. The van der Waals surface area contributed by atoms with E-state index in [-0.39, 0.29) is 11.7 Å². The number of aliphatic hydroxyl groups excluding tert-OH is 1. The van der Waals surface area contributed by atoms with Gasteiger partial charge in [0, 0.05) is 38.6 Å². The van der Waals surface area contributed by atoms with Gasteiger partial charge in [0.1, 0.15) is 0 Å². The van der Waals surface area contributed by atoms with Gasteiger partial charge < -0.3 is 9.84 Å². The molecular weight excluding hydrogens is 314 g/mol. The molecular formula is C20H27N3O2. The molecule has 2 aromatic rings. The molecule has 1 aliphatic heterocycles. The Morgan fingerprint density at radius 1 is 1.20 bits per heavy atom. The van der Waals surface area contributed by atoms with Crippen molar-refractivity contribution in [3.63, 3.8) is 0 Å². The van der Waals surface area contributed by atoms with Crippen molar-refractivity contribution in [3.8, 4) is 0 Å². The van der Waals surface area contributed by atoms with Gasteiger partial charge in [0.05, 0.1) is 18.2 Å². The molecule has 1 aromatic heterocycles. The lowest BCUT2D eigenvalue weighted by Gasteiger charge is -2.42. The zero-order chi connectivity index (χ0) is 17.3. The van der Waals surface area contributed by atoms with Crippen LogP contribution < -0.4 is 0 Å². The van der Waals surface area contributed by atoms with Crippen molar-refractivity contribution in [2.24, 2.45) is 0 Å². The number of benzene rings is 1. The van der Waals surface area contributed by atoms with Gasteiger partial charge in [-0.2, -0.15) is 5.10 Å². The van der Waals surface area contributed by atoms with Crippen LogP contribution in [0, 0.1) is 0 Å². The molecule has 2 aliphatic rings. The predicted octanol–water partition coefficient (Wildman–Crippen LogP) is 2.44. The topological polar surface area (TPSA) is 50.5 Å². The summed E-state index contributed by atoms with van der Waals surface area (Å²) in [6, 6.07) is 10.9. The van der Waals surface area contributed by atoms with E-state index in [2.05, 4.69) is 34.3 Å². The third-order valence-corrected chi connectivity index (χ3v) is 6.06. The van der Waals surface area contributed by atoms with Crippen LogP contribution in [0.5, 0.6) is 0 Å². The minimum absolute atomic E-state index is 0.0733. The van der Waals surface area contributed by atoms with Gasteiger partial charge in [-0.15, -0.1) is 0 Å². The summed E-state index contributed by atoms with van der Waals surface area (Å²) in [5, 5.41) is 14.5. The van der Waals surface area contributed by atoms with E-state index in [0.717, 1.165) is 45.3 Å². The van der Waals surface area contributed by atoms with Crippen LogP contribution in [0.25, 0.3) is 0 Å². The number of hydrogen-bond acceptors (Lipinski definition) is 4. The van der Waals surface area contributed by atoms with Gasteiger partial charge in [-0.1, -0.05) is 24.3 Å². The summed E-state index contributed by atoms with van der Waals surface area (Å²) in [5.41, 5.74) is 2.57. The van der Waals surface area contributed by atoms with E-state index in [1.165, 1.54) is 11.1 Å². The minimum Gasteiger partial charge on any atom is -0.393 e. The van der Waals surface area contributed by atoms with Crippen LogP contribution in [-0.4, -0.2) is 51.2 Å². The number of fused-ring (bicyclic) bond motifs is 1. The number of aromatic nitrogens is 2. The maximum absolute atomic E-state index is 10.2. The summed E-state index contributed by atoms with van der Waals surface area (Å²) in [6.45, 7) is 2.72. The molecule has 1 saturated heterocycles. The maximum atomic E-state index is 10.2. The van der Waals surface area contributed by atoms with Crippen LogP contribution in [0.3, 0.4) is 0 Å². The fourth-order valence-electron chi connectivity index (χ4n) is 4.61. The van der Waals surface area contributed by atoms with Crippen LogP contribution in [0.15, 0.2) is 42.7 Å². The highest BCUT2D eigenvalue weighted by Crippen LogP contribution is 2.43. The number of aliphatic hydroxyl groups is 1. The van der Waals surface area contributed by atoms with Crippen molar-refractivity contribution < 1.29 is 9.84 Å². The molecule has 4 rings (SSSR count). The molecule has 1 saturated carbocycles. The lowest BCUT2D eigenvalue weighted by molar-refractivity contribution is -0.0879. The summed E-state index contributed by atoms with van der Waals surface area (Å²) in [6.07, 6.45) is 7.30. The van der Waals surface area contributed by atoms with Crippen molar-refractivity contribution in [1.29, 1.82) is 0 Å². The first kappa shape index (κ1) is 16.8. The normalized spacial score (nSPS) is 29.7. The Bertz CT molecular complexity index is 703. The van der Waals surface area contributed by atoms with Gasteiger partial charge in [-0.3, -0.25) is 9.58 Å². The second-order valence-corrected chi connectivity index (χ2v) is 7.41. The average Bonchev–Trinajstić information content (AvgIpc) is 3.26. The van der Waals surface area contributed by atoms with E-state index in [1.54, 1.807) is 0 Å². The zero-order valence-corrected chi connectivity index (χ0v) is 14.8. The Balaban J connectivity index is 1.54. The Labute approximate surface area is 149 Å². The molecule has 1 N–H and O–H groups in total. The number of ether oxygens (including phenoxy) is 1. The van der Waals surface area contributed by atoms with Gasteiger partial charge in [0.25, 0.3) is 0 Å². The second-order valence-electron chi connectivity index (χ2n) is 7.41. The molecule has 1 aromatic carbocycles. The van der Waals surface area contributed by atoms with Crippen LogP contribution in [0.1, 0.15) is 36.8 Å². The van der Waals surface area contributed by atoms with E-state index in [4.69, 9.17) is 4.74 Å². The third-order valence-electron chi connectivity index (χ3n) is 6.06. The van der Waals surface area contributed by atoms with Gasteiger partial charge in [0.15, 0.2) is 0 Å².